The van der Waals surface area contributed by atoms with Crippen LogP contribution in [0.3, 0.4) is 0 Å². The number of benzene rings is 2. The summed E-state index contributed by atoms with van der Waals surface area (Å²) in [6, 6.07) is 11.6. The minimum atomic E-state index is -3.49. The van der Waals surface area contributed by atoms with Crippen LogP contribution in [0, 0.1) is 12.3 Å². The number of aromatic nitrogens is 1. The highest BCUT2D eigenvalue weighted by Crippen LogP contribution is 2.24. The van der Waals surface area contributed by atoms with Gasteiger partial charge < -0.3 is 9.30 Å². The number of nitrogens with zero attached hydrogens (tertiary/aromatic N) is 2. The number of fused-ring (bicyclic) bond motifs is 1. The lowest BCUT2D eigenvalue weighted by Crippen LogP contribution is -2.17. The zero-order valence-corrected chi connectivity index (χ0v) is 18.6. The largest absolute Gasteiger partial charge is 0.494 e. The molecule has 6 nitrogen and oxygen atoms in total. The fourth-order valence-electron chi connectivity index (χ4n) is 2.87. The molecule has 0 aliphatic carbocycles. The molecule has 156 valence electrons. The van der Waals surface area contributed by atoms with E-state index < -0.39 is 21.0 Å². The second kappa shape index (κ2) is 8.86. The standard InChI is InChI=1S/C22H22N2O4S2/c1-5-12-24-19-11-10-17(28-6-2)14-20(19)29-22(24)23-21(25)16-8-7-9-18(13-16)30(26,27)15(3)4/h1,7-11,13-15H,6,12H2,2-4H3. The maximum Gasteiger partial charge on any atom is 0.279 e. The molecule has 0 spiro atoms. The molecule has 0 unspecified atom stereocenters. The van der Waals surface area contributed by atoms with Crippen LogP contribution in [-0.4, -0.2) is 30.7 Å². The molecule has 0 radical (unpaired) electrons. The predicted molar refractivity (Wildman–Crippen MR) is 118 cm³/mol. The average Bonchev–Trinajstić information content (AvgIpc) is 3.05. The van der Waals surface area contributed by atoms with Gasteiger partial charge in [-0.25, -0.2) is 8.42 Å². The van der Waals surface area contributed by atoms with Gasteiger partial charge in [-0.1, -0.05) is 23.3 Å². The topological polar surface area (TPSA) is 77.7 Å². The number of sulfone groups is 1. The van der Waals surface area contributed by atoms with E-state index in [1.807, 2.05) is 25.1 Å². The normalized spacial score (nSPS) is 12.3. The monoisotopic (exact) mass is 442 g/mol. The highest BCUT2D eigenvalue weighted by Gasteiger charge is 2.20. The summed E-state index contributed by atoms with van der Waals surface area (Å²) in [5.74, 6) is 2.78. The van der Waals surface area contributed by atoms with Gasteiger partial charge in [0, 0.05) is 5.56 Å². The van der Waals surface area contributed by atoms with Gasteiger partial charge in [-0.3, -0.25) is 4.79 Å². The summed E-state index contributed by atoms with van der Waals surface area (Å²) in [5.41, 5.74) is 1.06. The molecule has 30 heavy (non-hydrogen) atoms. The van der Waals surface area contributed by atoms with E-state index in [0.717, 1.165) is 16.0 Å². The number of hydrogen-bond acceptors (Lipinski definition) is 5. The summed E-state index contributed by atoms with van der Waals surface area (Å²) in [4.78, 5) is 17.6. The fraction of sp³-hybridized carbons (Fsp3) is 0.273. The number of ether oxygens (including phenoxy) is 1. The van der Waals surface area contributed by atoms with Gasteiger partial charge in [0.2, 0.25) is 0 Å². The molecule has 1 aromatic heterocycles. The maximum absolute atomic E-state index is 12.8. The van der Waals surface area contributed by atoms with Crippen molar-refractivity contribution < 1.29 is 17.9 Å². The molecule has 0 aliphatic rings. The summed E-state index contributed by atoms with van der Waals surface area (Å²) in [6.45, 7) is 5.91. The SMILES string of the molecule is C#CCn1c(=NC(=O)c2cccc(S(=O)(=O)C(C)C)c2)sc2cc(OCC)ccc21. The summed E-state index contributed by atoms with van der Waals surface area (Å²) in [6.07, 6.45) is 5.51. The molecule has 0 fully saturated rings. The molecule has 3 aromatic rings. The highest BCUT2D eigenvalue weighted by atomic mass is 32.2. The van der Waals surface area contributed by atoms with Crippen LogP contribution < -0.4 is 9.54 Å². The zero-order valence-electron chi connectivity index (χ0n) is 17.0. The number of carbonyl (C=O) groups is 1. The molecule has 1 amide bonds. The Labute approximate surface area is 179 Å². The Balaban J connectivity index is 2.09. The van der Waals surface area contributed by atoms with E-state index in [-0.39, 0.29) is 17.0 Å². The summed E-state index contributed by atoms with van der Waals surface area (Å²) in [5, 5.41) is -0.584. The molecule has 2 aromatic carbocycles. The minimum absolute atomic E-state index is 0.104. The first-order valence-electron chi connectivity index (χ1n) is 9.40. The van der Waals surface area contributed by atoms with Crippen molar-refractivity contribution in [2.24, 2.45) is 4.99 Å². The van der Waals surface area contributed by atoms with Crippen molar-refractivity contribution in [3.8, 4) is 18.1 Å². The van der Waals surface area contributed by atoms with Crippen LogP contribution in [0.1, 0.15) is 31.1 Å². The zero-order chi connectivity index (χ0) is 21.9. The molecule has 8 heteroatoms. The highest BCUT2D eigenvalue weighted by molar-refractivity contribution is 7.92. The smallest absolute Gasteiger partial charge is 0.279 e. The summed E-state index contributed by atoms with van der Waals surface area (Å²) >= 11 is 1.32. The van der Waals surface area contributed by atoms with E-state index in [1.165, 1.54) is 23.5 Å². The third-order valence-electron chi connectivity index (χ3n) is 4.44. The average molecular weight is 443 g/mol. The van der Waals surface area contributed by atoms with Gasteiger partial charge in [0.15, 0.2) is 14.6 Å². The second-order valence-electron chi connectivity index (χ2n) is 6.78. The van der Waals surface area contributed by atoms with Gasteiger partial charge in [0.1, 0.15) is 5.75 Å². The lowest BCUT2D eigenvalue weighted by atomic mass is 10.2. The van der Waals surface area contributed by atoms with E-state index in [9.17, 15) is 13.2 Å². The Kier molecular flexibility index (Phi) is 6.44. The molecule has 0 atom stereocenters. The molecule has 0 saturated carbocycles. The van der Waals surface area contributed by atoms with Crippen molar-refractivity contribution in [2.45, 2.75) is 37.5 Å². The first kappa shape index (κ1) is 21.8. The Morgan fingerprint density at radius 1 is 1.27 bits per heavy atom. The first-order valence-corrected chi connectivity index (χ1v) is 11.8. The third-order valence-corrected chi connectivity index (χ3v) is 7.64. The number of hydrogen-bond donors (Lipinski definition) is 0. The van der Waals surface area contributed by atoms with Crippen LogP contribution in [0.15, 0.2) is 52.4 Å². The van der Waals surface area contributed by atoms with E-state index in [0.29, 0.717) is 11.4 Å². The van der Waals surface area contributed by atoms with Crippen LogP contribution in [0.4, 0.5) is 0 Å². The van der Waals surface area contributed by atoms with Crippen molar-refractivity contribution in [2.75, 3.05) is 6.61 Å². The predicted octanol–water partition coefficient (Wildman–Crippen LogP) is 3.66. The first-order chi connectivity index (χ1) is 14.3. The molecule has 0 bridgehead atoms. The number of terminal acetylenes is 1. The van der Waals surface area contributed by atoms with E-state index in [4.69, 9.17) is 11.2 Å². The number of carbonyl (C=O) groups excluding carboxylic acids is 1. The van der Waals surface area contributed by atoms with Gasteiger partial charge in [0.05, 0.1) is 33.5 Å². The molecule has 1 heterocycles. The number of thiazole rings is 1. The van der Waals surface area contributed by atoms with Crippen LogP contribution >= 0.6 is 11.3 Å². The van der Waals surface area contributed by atoms with Crippen molar-refractivity contribution >= 4 is 37.3 Å². The van der Waals surface area contributed by atoms with Crippen LogP contribution in [0.2, 0.25) is 0 Å². The van der Waals surface area contributed by atoms with E-state index in [1.54, 1.807) is 30.5 Å². The molecule has 0 saturated heterocycles. The number of amides is 1. The lowest BCUT2D eigenvalue weighted by molar-refractivity contribution is 0.0997. The lowest BCUT2D eigenvalue weighted by Gasteiger charge is -2.08. The van der Waals surface area contributed by atoms with Crippen LogP contribution in [-0.2, 0) is 16.4 Å². The molecule has 3 rings (SSSR count). The second-order valence-corrected chi connectivity index (χ2v) is 10.3. The maximum atomic E-state index is 12.8. The van der Waals surface area contributed by atoms with E-state index in [2.05, 4.69) is 10.9 Å². The molecule has 0 aliphatic heterocycles. The van der Waals surface area contributed by atoms with Crippen LogP contribution in [0.5, 0.6) is 5.75 Å². The Bertz CT molecular complexity index is 1310. The van der Waals surface area contributed by atoms with Crippen LogP contribution in [0.25, 0.3) is 10.2 Å². The molecule has 0 N–H and O–H groups in total. The van der Waals surface area contributed by atoms with Gasteiger partial charge in [-0.2, -0.15) is 4.99 Å². The van der Waals surface area contributed by atoms with Crippen molar-refractivity contribution in [1.29, 1.82) is 0 Å². The Morgan fingerprint density at radius 2 is 2.03 bits per heavy atom. The minimum Gasteiger partial charge on any atom is -0.494 e. The van der Waals surface area contributed by atoms with E-state index >= 15 is 0 Å². The summed E-state index contributed by atoms with van der Waals surface area (Å²) in [7, 11) is -3.49. The summed E-state index contributed by atoms with van der Waals surface area (Å²) < 4.78 is 33.1. The van der Waals surface area contributed by atoms with Gasteiger partial charge in [0.25, 0.3) is 5.91 Å². The van der Waals surface area contributed by atoms with Gasteiger partial charge in [-0.05, 0) is 57.2 Å². The Morgan fingerprint density at radius 3 is 2.70 bits per heavy atom. The quantitative estimate of drug-likeness (QED) is 0.546. The molecular weight excluding hydrogens is 420 g/mol. The van der Waals surface area contributed by atoms with Gasteiger partial charge in [-0.15, -0.1) is 6.42 Å². The third kappa shape index (κ3) is 4.32. The molecular formula is C22H22N2O4S2. The van der Waals surface area contributed by atoms with Crippen molar-refractivity contribution in [3.63, 3.8) is 0 Å². The van der Waals surface area contributed by atoms with Gasteiger partial charge >= 0.3 is 0 Å². The van der Waals surface area contributed by atoms with Crippen molar-refractivity contribution in [3.05, 3.63) is 52.8 Å². The number of rotatable bonds is 6. The van der Waals surface area contributed by atoms with Crippen molar-refractivity contribution in [1.82, 2.24) is 4.57 Å². The Hall–Kier alpha value is -2.89. The fourth-order valence-corrected chi connectivity index (χ4v) is 5.03.